The fraction of sp³-hybridized carbons (Fsp3) is 0.250. The van der Waals surface area contributed by atoms with Crippen molar-refractivity contribution in [3.63, 3.8) is 0 Å². The lowest BCUT2D eigenvalue weighted by Gasteiger charge is -2.32. The molecule has 1 N–H and O–H groups in total. The van der Waals surface area contributed by atoms with Gasteiger partial charge < -0.3 is 14.8 Å². The van der Waals surface area contributed by atoms with Crippen molar-refractivity contribution in [1.29, 1.82) is 0 Å². The molecule has 1 aliphatic rings. The second-order valence-corrected chi connectivity index (χ2v) is 7.96. The van der Waals surface area contributed by atoms with E-state index in [1.165, 1.54) is 0 Å². The van der Waals surface area contributed by atoms with Crippen LogP contribution in [-0.2, 0) is 16.1 Å². The van der Waals surface area contributed by atoms with E-state index in [1.54, 1.807) is 0 Å². The van der Waals surface area contributed by atoms with Crippen LogP contribution in [0.25, 0.3) is 0 Å². The van der Waals surface area contributed by atoms with Crippen molar-refractivity contribution in [3.8, 4) is 0 Å². The summed E-state index contributed by atoms with van der Waals surface area (Å²) in [4.78, 5) is 12.8. The minimum atomic E-state index is -0.466. The number of amides is 1. The van der Waals surface area contributed by atoms with Crippen molar-refractivity contribution in [3.05, 3.63) is 120 Å². The predicted molar refractivity (Wildman–Crippen MR) is 126 cm³/mol. The Kier molecular flexibility index (Phi) is 7.72. The summed E-state index contributed by atoms with van der Waals surface area (Å²) < 4.78 is 12.1. The Morgan fingerprint density at radius 2 is 1.50 bits per heavy atom. The van der Waals surface area contributed by atoms with Crippen LogP contribution >= 0.6 is 0 Å². The first-order valence-electron chi connectivity index (χ1n) is 11.2. The van der Waals surface area contributed by atoms with Crippen molar-refractivity contribution >= 4 is 6.09 Å². The summed E-state index contributed by atoms with van der Waals surface area (Å²) >= 11 is 0. The molecule has 1 amide bonds. The highest BCUT2D eigenvalue weighted by Gasteiger charge is 2.30. The van der Waals surface area contributed by atoms with Crippen molar-refractivity contribution in [2.45, 2.75) is 44.1 Å². The fourth-order valence-electron chi connectivity index (χ4n) is 3.96. The first kappa shape index (κ1) is 21.8. The summed E-state index contributed by atoms with van der Waals surface area (Å²) in [5, 5.41) is 3.08. The van der Waals surface area contributed by atoms with Gasteiger partial charge in [0.1, 0.15) is 12.7 Å². The Labute approximate surface area is 189 Å². The van der Waals surface area contributed by atoms with Crippen LogP contribution in [0.4, 0.5) is 4.79 Å². The molecule has 3 aromatic rings. The van der Waals surface area contributed by atoms with Crippen LogP contribution < -0.4 is 5.32 Å². The van der Waals surface area contributed by atoms with Crippen molar-refractivity contribution < 1.29 is 14.3 Å². The smallest absolute Gasteiger partial charge is 0.408 e. The summed E-state index contributed by atoms with van der Waals surface area (Å²) in [6.07, 6.45) is 6.67. The zero-order chi connectivity index (χ0) is 22.0. The second kappa shape index (κ2) is 11.3. The highest BCUT2D eigenvalue weighted by Crippen LogP contribution is 2.35. The summed E-state index contributed by atoms with van der Waals surface area (Å²) in [5.74, 6) is 0. The molecule has 0 heterocycles. The lowest BCUT2D eigenvalue weighted by atomic mass is 9.95. The summed E-state index contributed by atoms with van der Waals surface area (Å²) in [6, 6.07) is 29.3. The van der Waals surface area contributed by atoms with E-state index in [0.717, 1.165) is 36.0 Å². The van der Waals surface area contributed by atoms with E-state index in [-0.39, 0.29) is 18.8 Å². The van der Waals surface area contributed by atoms with Crippen LogP contribution in [0.1, 0.15) is 48.1 Å². The molecule has 4 nitrogen and oxygen atoms in total. The molecule has 1 aliphatic carbocycles. The van der Waals surface area contributed by atoms with E-state index in [0.29, 0.717) is 0 Å². The lowest BCUT2D eigenvalue weighted by Crippen LogP contribution is -2.35. The van der Waals surface area contributed by atoms with E-state index in [9.17, 15) is 4.79 Å². The molecule has 0 saturated carbocycles. The third-order valence-electron chi connectivity index (χ3n) is 5.61. The number of carbonyl (C=O) groups excluding carboxylic acids is 1. The van der Waals surface area contributed by atoms with Gasteiger partial charge >= 0.3 is 6.09 Å². The number of alkyl carbamates (subject to hydrolysis) is 1. The monoisotopic (exact) mass is 427 g/mol. The SMILES string of the molecule is O=C(N[C@@H](c1ccccc1)[C@@H](O[C@@H]1C=CCCC1)c1ccccc1)OCc1ccccc1. The molecule has 0 saturated heterocycles. The summed E-state index contributed by atoms with van der Waals surface area (Å²) in [5.41, 5.74) is 2.93. The van der Waals surface area contributed by atoms with Gasteiger partial charge in [-0.25, -0.2) is 4.79 Å². The van der Waals surface area contributed by atoms with Crippen molar-refractivity contribution in [2.24, 2.45) is 0 Å². The Bertz CT molecular complexity index is 989. The summed E-state index contributed by atoms with van der Waals surface area (Å²) in [6.45, 7) is 0.219. The highest BCUT2D eigenvalue weighted by molar-refractivity contribution is 5.68. The minimum Gasteiger partial charge on any atom is -0.445 e. The molecule has 3 atom stereocenters. The van der Waals surface area contributed by atoms with Gasteiger partial charge in [0, 0.05) is 0 Å². The molecule has 0 aromatic heterocycles. The van der Waals surface area contributed by atoms with Crippen LogP contribution in [0.5, 0.6) is 0 Å². The van der Waals surface area contributed by atoms with Gasteiger partial charge in [0.15, 0.2) is 0 Å². The first-order chi connectivity index (χ1) is 15.8. The maximum atomic E-state index is 12.8. The Morgan fingerprint density at radius 1 is 0.875 bits per heavy atom. The zero-order valence-corrected chi connectivity index (χ0v) is 18.1. The molecule has 4 heteroatoms. The Morgan fingerprint density at radius 3 is 2.12 bits per heavy atom. The molecule has 0 spiro atoms. The summed E-state index contributed by atoms with van der Waals surface area (Å²) in [7, 11) is 0. The Hall–Kier alpha value is -3.37. The van der Waals surface area contributed by atoms with E-state index in [2.05, 4.69) is 17.5 Å². The van der Waals surface area contributed by atoms with Crippen molar-refractivity contribution in [2.75, 3.05) is 0 Å². The molecule has 0 bridgehead atoms. The molecule has 0 aliphatic heterocycles. The highest BCUT2D eigenvalue weighted by atomic mass is 16.5. The van der Waals surface area contributed by atoms with E-state index >= 15 is 0 Å². The van der Waals surface area contributed by atoms with Crippen LogP contribution in [-0.4, -0.2) is 12.2 Å². The third kappa shape index (κ3) is 6.08. The second-order valence-electron chi connectivity index (χ2n) is 7.96. The van der Waals surface area contributed by atoms with Gasteiger partial charge in [0.05, 0.1) is 12.1 Å². The molecular formula is C28H29NO3. The molecule has 164 valence electrons. The molecule has 0 radical (unpaired) electrons. The Balaban J connectivity index is 1.58. The van der Waals surface area contributed by atoms with E-state index in [1.807, 2.05) is 91.0 Å². The van der Waals surface area contributed by atoms with Gasteiger partial charge in [-0.1, -0.05) is 103 Å². The first-order valence-corrected chi connectivity index (χ1v) is 11.2. The molecular weight excluding hydrogens is 398 g/mol. The number of rotatable bonds is 8. The van der Waals surface area contributed by atoms with Crippen LogP contribution in [0.2, 0.25) is 0 Å². The van der Waals surface area contributed by atoms with Gasteiger partial charge in [-0.2, -0.15) is 0 Å². The van der Waals surface area contributed by atoms with Gasteiger partial charge in [-0.3, -0.25) is 0 Å². The lowest BCUT2D eigenvalue weighted by molar-refractivity contribution is -0.0178. The third-order valence-corrected chi connectivity index (χ3v) is 5.61. The van der Waals surface area contributed by atoms with Gasteiger partial charge in [0.25, 0.3) is 0 Å². The molecule has 0 fully saturated rings. The number of ether oxygens (including phenoxy) is 2. The number of allylic oxidation sites excluding steroid dienone is 1. The average Bonchev–Trinajstić information content (AvgIpc) is 2.87. The number of hydrogen-bond donors (Lipinski definition) is 1. The van der Waals surface area contributed by atoms with Crippen molar-refractivity contribution in [1.82, 2.24) is 5.32 Å². The number of carbonyl (C=O) groups is 1. The molecule has 32 heavy (non-hydrogen) atoms. The normalized spacial score (nSPS) is 17.3. The molecule has 4 rings (SSSR count). The van der Waals surface area contributed by atoms with Gasteiger partial charge in [0.2, 0.25) is 0 Å². The largest absolute Gasteiger partial charge is 0.445 e. The van der Waals surface area contributed by atoms with E-state index < -0.39 is 12.1 Å². The van der Waals surface area contributed by atoms with Crippen LogP contribution in [0, 0.1) is 0 Å². The zero-order valence-electron chi connectivity index (χ0n) is 18.1. The topological polar surface area (TPSA) is 47.6 Å². The van der Waals surface area contributed by atoms with Crippen LogP contribution in [0.3, 0.4) is 0 Å². The van der Waals surface area contributed by atoms with Crippen LogP contribution in [0.15, 0.2) is 103 Å². The number of benzene rings is 3. The maximum absolute atomic E-state index is 12.8. The number of nitrogens with one attached hydrogen (secondary N) is 1. The number of hydrogen-bond acceptors (Lipinski definition) is 3. The molecule has 3 aromatic carbocycles. The van der Waals surface area contributed by atoms with Gasteiger partial charge in [-0.05, 0) is 36.0 Å². The predicted octanol–water partition coefficient (Wildman–Crippen LogP) is 6.52. The van der Waals surface area contributed by atoms with E-state index in [4.69, 9.17) is 9.47 Å². The maximum Gasteiger partial charge on any atom is 0.408 e. The minimum absolute atomic E-state index is 0.0160. The quantitative estimate of drug-likeness (QED) is 0.416. The standard InChI is InChI=1S/C28H29NO3/c30-28(31-21-22-13-5-1-6-14-22)29-26(23-15-7-2-8-16-23)27(24-17-9-3-10-18-24)32-25-19-11-4-12-20-25/h1-3,5-11,13-19,25-27H,4,12,20-21H2,(H,29,30)/t25-,26+,27+/m1/s1. The fourth-order valence-corrected chi connectivity index (χ4v) is 3.96. The average molecular weight is 428 g/mol. The molecule has 0 unspecified atom stereocenters. The van der Waals surface area contributed by atoms with Gasteiger partial charge in [-0.15, -0.1) is 0 Å².